The maximum atomic E-state index is 14.4. The van der Waals surface area contributed by atoms with Crippen LogP contribution in [0.1, 0.15) is 46.3 Å². The first-order valence-electron chi connectivity index (χ1n) is 14.3. The molecule has 0 aliphatic carbocycles. The fraction of sp³-hybridized carbons (Fsp3) is 0.483. The smallest absolute Gasteiger partial charge is 0.459 e. The molecule has 13 nitrogen and oxygen atoms in total. The van der Waals surface area contributed by atoms with Gasteiger partial charge in [-0.05, 0) is 24.3 Å². The van der Waals surface area contributed by atoms with E-state index in [9.17, 15) is 33.6 Å². The number of H-pyrrole nitrogens is 1. The van der Waals surface area contributed by atoms with Crippen LogP contribution in [0.5, 0.6) is 5.75 Å². The molecule has 0 radical (unpaired) electrons. The monoisotopic (exact) mass is 637 g/mol. The summed E-state index contributed by atoms with van der Waals surface area (Å²) in [6.07, 6.45) is -3.54. The first kappa shape index (κ1) is 33.5. The number of benzene rings is 2. The van der Waals surface area contributed by atoms with Crippen molar-refractivity contribution in [2.24, 2.45) is 5.92 Å². The average molecular weight is 638 g/mol. The van der Waals surface area contributed by atoms with Crippen LogP contribution in [0.4, 0.5) is 4.39 Å². The number of rotatable bonds is 14. The van der Waals surface area contributed by atoms with Crippen molar-refractivity contribution in [2.45, 2.75) is 70.6 Å². The highest BCUT2D eigenvalue weighted by Crippen LogP contribution is 2.49. The van der Waals surface area contributed by atoms with E-state index < -0.39 is 68.0 Å². The summed E-state index contributed by atoms with van der Waals surface area (Å²) in [6, 6.07) is 11.0. The summed E-state index contributed by atoms with van der Waals surface area (Å²) in [6.45, 7) is 4.71. The number of aliphatic hydroxyl groups excluding tert-OH is 2. The van der Waals surface area contributed by atoms with Crippen LogP contribution in [0.3, 0.4) is 0 Å². The molecule has 0 saturated carbocycles. The molecule has 0 bridgehead atoms. The zero-order chi connectivity index (χ0) is 32.0. The van der Waals surface area contributed by atoms with Crippen LogP contribution in [0, 0.1) is 11.7 Å². The van der Waals surface area contributed by atoms with E-state index >= 15 is 0 Å². The predicted octanol–water partition coefficient (Wildman–Crippen LogP) is 3.00. The van der Waals surface area contributed by atoms with Crippen molar-refractivity contribution in [3.63, 3.8) is 0 Å². The molecule has 0 unspecified atom stereocenters. The third kappa shape index (κ3) is 7.81. The van der Waals surface area contributed by atoms with E-state index in [1.165, 1.54) is 6.92 Å². The summed E-state index contributed by atoms with van der Waals surface area (Å²) in [5.41, 5.74) is -2.20. The molecule has 4 N–H and O–H groups in total. The van der Waals surface area contributed by atoms with Crippen LogP contribution >= 0.6 is 7.75 Å². The van der Waals surface area contributed by atoms with Gasteiger partial charge in [-0.1, -0.05) is 63.1 Å². The van der Waals surface area contributed by atoms with Crippen LogP contribution in [0.25, 0.3) is 10.8 Å². The van der Waals surface area contributed by atoms with E-state index in [0.717, 1.165) is 22.8 Å². The number of aromatic nitrogens is 2. The van der Waals surface area contributed by atoms with E-state index in [0.29, 0.717) is 11.6 Å². The fourth-order valence-corrected chi connectivity index (χ4v) is 6.55. The summed E-state index contributed by atoms with van der Waals surface area (Å²) in [5.74, 6) is -1.66. The normalized spacial score (nSPS) is 21.2. The number of nitrogens with zero attached hydrogens (tertiary/aromatic N) is 1. The molecule has 0 spiro atoms. The number of carbonyl (C=O) groups is 1. The Kier molecular flexibility index (Phi) is 11.1. The molecule has 2 aromatic carbocycles. The van der Waals surface area contributed by atoms with Crippen molar-refractivity contribution in [1.82, 2.24) is 14.6 Å². The van der Waals surface area contributed by atoms with Gasteiger partial charge in [-0.25, -0.2) is 9.36 Å². The van der Waals surface area contributed by atoms with Gasteiger partial charge in [-0.15, -0.1) is 0 Å². The lowest BCUT2D eigenvalue weighted by Gasteiger charge is -2.30. The van der Waals surface area contributed by atoms with E-state index in [2.05, 4.69) is 5.09 Å². The van der Waals surface area contributed by atoms with Gasteiger partial charge >= 0.3 is 19.4 Å². The minimum atomic E-state index is -4.56. The average Bonchev–Trinajstić information content (AvgIpc) is 3.39. The van der Waals surface area contributed by atoms with Gasteiger partial charge < -0.3 is 24.2 Å². The molecule has 15 heteroatoms. The molecule has 1 fully saturated rings. The largest absolute Gasteiger partial charge is 0.464 e. The summed E-state index contributed by atoms with van der Waals surface area (Å²) >= 11 is 0. The lowest BCUT2D eigenvalue weighted by atomic mass is 10.1. The topological polar surface area (TPSA) is 178 Å². The third-order valence-corrected chi connectivity index (χ3v) is 9.17. The van der Waals surface area contributed by atoms with Crippen molar-refractivity contribution in [1.29, 1.82) is 0 Å². The number of hydrogen-bond donors (Lipinski definition) is 4. The number of fused-ring (bicyclic) bond motifs is 1. The number of nitrogens with one attached hydrogen (secondary N) is 2. The third-order valence-electron chi connectivity index (χ3n) is 7.48. The molecule has 44 heavy (non-hydrogen) atoms. The summed E-state index contributed by atoms with van der Waals surface area (Å²) in [4.78, 5) is 38.4. The Hall–Kier alpha value is -3.39. The number of aromatic amines is 1. The second kappa shape index (κ2) is 14.6. The Balaban J connectivity index is 1.60. The molecule has 2 heterocycles. The maximum Gasteiger partial charge on any atom is 0.459 e. The zero-order valence-electron chi connectivity index (χ0n) is 24.6. The number of hydrogen-bond acceptors (Lipinski definition) is 10. The van der Waals surface area contributed by atoms with E-state index in [1.807, 2.05) is 37.0 Å². The highest BCUT2D eigenvalue weighted by atomic mass is 31.2. The Bertz CT molecular complexity index is 1600. The van der Waals surface area contributed by atoms with E-state index in [-0.39, 0.29) is 24.7 Å². The van der Waals surface area contributed by atoms with E-state index in [1.54, 1.807) is 24.3 Å². The SMILES string of the molecule is CCC(CC)COC(=O)[C@H](C)N[P@@](=O)(Oc1cccc2ccccc12)O[C@H](CO)[C@H]1O[C@@H](n2cc(F)c(=O)[nH]c2=O)C[C@@H]1O. The number of carbonyl (C=O) groups excluding carboxylic acids is 1. The lowest BCUT2D eigenvalue weighted by molar-refractivity contribution is -0.146. The molecule has 1 saturated heterocycles. The molecule has 6 atom stereocenters. The molecule has 4 rings (SSSR count). The highest BCUT2D eigenvalue weighted by Gasteiger charge is 2.45. The first-order chi connectivity index (χ1) is 21.0. The quantitative estimate of drug-likeness (QED) is 0.151. The Morgan fingerprint density at radius 3 is 2.61 bits per heavy atom. The maximum absolute atomic E-state index is 14.4. The van der Waals surface area contributed by atoms with Gasteiger partial charge in [0.15, 0.2) is 0 Å². The van der Waals surface area contributed by atoms with Gasteiger partial charge in [0, 0.05) is 11.8 Å². The van der Waals surface area contributed by atoms with E-state index in [4.69, 9.17) is 18.5 Å². The second-order valence-electron chi connectivity index (χ2n) is 10.6. The van der Waals surface area contributed by atoms with Crippen molar-refractivity contribution in [2.75, 3.05) is 13.2 Å². The molecule has 1 aromatic heterocycles. The van der Waals surface area contributed by atoms with Gasteiger partial charge in [0.25, 0.3) is 5.56 Å². The van der Waals surface area contributed by atoms with Gasteiger partial charge in [0.2, 0.25) is 5.82 Å². The van der Waals surface area contributed by atoms with Gasteiger partial charge in [-0.3, -0.25) is 23.7 Å². The van der Waals surface area contributed by atoms with Crippen molar-refractivity contribution in [3.05, 3.63) is 75.3 Å². The van der Waals surface area contributed by atoms with Crippen molar-refractivity contribution in [3.8, 4) is 5.75 Å². The number of aliphatic hydroxyl groups is 2. The summed E-state index contributed by atoms with van der Waals surface area (Å²) < 4.78 is 51.9. The molecule has 240 valence electrons. The van der Waals surface area contributed by atoms with Crippen molar-refractivity contribution >= 4 is 24.5 Å². The molecule has 0 amide bonds. The Morgan fingerprint density at radius 1 is 1.20 bits per heavy atom. The summed E-state index contributed by atoms with van der Waals surface area (Å²) in [5, 5.41) is 25.0. The van der Waals surface area contributed by atoms with Crippen LogP contribution in [0.2, 0.25) is 0 Å². The fourth-order valence-electron chi connectivity index (χ4n) is 4.86. The van der Waals surface area contributed by atoms with Crippen LogP contribution in [-0.4, -0.2) is 63.3 Å². The summed E-state index contributed by atoms with van der Waals surface area (Å²) in [7, 11) is -4.56. The Morgan fingerprint density at radius 2 is 1.91 bits per heavy atom. The number of halogens is 1. The van der Waals surface area contributed by atoms with Gasteiger partial charge in [-0.2, -0.15) is 9.48 Å². The molecular formula is C29H37FN3O10P. The molecular weight excluding hydrogens is 600 g/mol. The number of ether oxygens (including phenoxy) is 2. The first-order valence-corrected chi connectivity index (χ1v) is 15.9. The minimum Gasteiger partial charge on any atom is -0.464 e. The van der Waals surface area contributed by atoms with Gasteiger partial charge in [0.1, 0.15) is 30.2 Å². The zero-order valence-corrected chi connectivity index (χ0v) is 25.4. The molecule has 1 aliphatic rings. The lowest BCUT2D eigenvalue weighted by Crippen LogP contribution is -2.42. The second-order valence-corrected chi connectivity index (χ2v) is 12.2. The Labute approximate surface area is 252 Å². The molecule has 3 aromatic rings. The number of esters is 1. The van der Waals surface area contributed by atoms with Crippen LogP contribution in [-0.2, 0) is 23.4 Å². The molecule has 1 aliphatic heterocycles. The van der Waals surface area contributed by atoms with Crippen LogP contribution < -0.4 is 20.9 Å². The highest BCUT2D eigenvalue weighted by molar-refractivity contribution is 7.52. The predicted molar refractivity (Wildman–Crippen MR) is 158 cm³/mol. The van der Waals surface area contributed by atoms with Crippen molar-refractivity contribution < 1.29 is 42.5 Å². The minimum absolute atomic E-state index is 0.147. The van der Waals surface area contributed by atoms with Gasteiger partial charge in [0.05, 0.1) is 25.5 Å². The van der Waals surface area contributed by atoms with Crippen LogP contribution in [0.15, 0.2) is 58.3 Å². The standard InChI is InChI=1S/C29H37FN3O10P/c1-4-18(5-2)16-40-28(37)17(3)32-44(39,42-23-12-8-10-19-9-6-7-11-20(19)23)43-24(15-34)26-22(35)13-25(41-26)33-14-21(30)27(36)31-29(33)38/h6-12,14,17-18,22,24-26,34-35H,4-5,13,15-16H2,1-3H3,(H,32,39)(H,31,36,38)/t17-,22-,24+,25+,26-,44+/m0/s1.